The van der Waals surface area contributed by atoms with Crippen LogP contribution in [0.25, 0.3) is 0 Å². The van der Waals surface area contributed by atoms with E-state index in [-0.39, 0.29) is 18.4 Å². The Labute approximate surface area is 103 Å². The van der Waals surface area contributed by atoms with Gasteiger partial charge in [-0.15, -0.1) is 0 Å². The number of carbonyl (C=O) groups excluding carboxylic acids is 1. The molecule has 0 atom stereocenters. The highest BCUT2D eigenvalue weighted by atomic mass is 32.2. The zero-order valence-corrected chi connectivity index (χ0v) is 11.2. The Bertz CT molecular complexity index is 348. The molecule has 17 heavy (non-hydrogen) atoms. The summed E-state index contributed by atoms with van der Waals surface area (Å²) in [4.78, 5) is 11.3. The van der Waals surface area contributed by atoms with Gasteiger partial charge in [0.2, 0.25) is 5.91 Å². The number of nitrogens with zero attached hydrogens (tertiary/aromatic N) is 1. The molecular weight excluding hydrogens is 242 g/mol. The molecule has 1 aliphatic carbocycles. The summed E-state index contributed by atoms with van der Waals surface area (Å²) in [6.45, 7) is 5.04. The number of nitrogens with one attached hydrogen (secondary N) is 2. The summed E-state index contributed by atoms with van der Waals surface area (Å²) in [5.41, 5.74) is 0. The van der Waals surface area contributed by atoms with Gasteiger partial charge in [0.05, 0.1) is 0 Å². The maximum absolute atomic E-state index is 11.7. The van der Waals surface area contributed by atoms with Crippen LogP contribution >= 0.6 is 0 Å². The van der Waals surface area contributed by atoms with Gasteiger partial charge in [0.15, 0.2) is 0 Å². The van der Waals surface area contributed by atoms with Crippen LogP contribution in [-0.2, 0) is 15.0 Å². The van der Waals surface area contributed by atoms with E-state index in [2.05, 4.69) is 10.0 Å². The van der Waals surface area contributed by atoms with Crippen molar-refractivity contribution < 1.29 is 13.2 Å². The summed E-state index contributed by atoms with van der Waals surface area (Å²) < 4.78 is 27.2. The molecule has 0 saturated heterocycles. The number of rotatable bonds is 8. The Kier molecular flexibility index (Phi) is 5.35. The largest absolute Gasteiger partial charge is 0.355 e. The van der Waals surface area contributed by atoms with Crippen LogP contribution in [0.1, 0.15) is 26.7 Å². The molecule has 0 spiro atoms. The van der Waals surface area contributed by atoms with Gasteiger partial charge in [0.25, 0.3) is 10.2 Å². The highest BCUT2D eigenvalue weighted by Crippen LogP contribution is 2.28. The van der Waals surface area contributed by atoms with Crippen molar-refractivity contribution in [2.24, 2.45) is 5.92 Å². The van der Waals surface area contributed by atoms with Crippen LogP contribution in [0.2, 0.25) is 0 Å². The van der Waals surface area contributed by atoms with Crippen molar-refractivity contribution in [3.63, 3.8) is 0 Å². The minimum atomic E-state index is -3.39. The topological polar surface area (TPSA) is 78.5 Å². The van der Waals surface area contributed by atoms with Gasteiger partial charge in [-0.2, -0.15) is 12.7 Å². The van der Waals surface area contributed by atoms with E-state index in [1.54, 1.807) is 13.8 Å². The maximum atomic E-state index is 11.7. The number of amides is 1. The summed E-state index contributed by atoms with van der Waals surface area (Å²) in [6, 6.07) is 0. The van der Waals surface area contributed by atoms with Crippen molar-refractivity contribution in [2.45, 2.75) is 26.7 Å². The molecule has 6 nitrogen and oxygen atoms in total. The fraction of sp³-hybridized carbons (Fsp3) is 0.900. The third kappa shape index (κ3) is 4.61. The first-order valence-electron chi connectivity index (χ1n) is 6.03. The first-order valence-corrected chi connectivity index (χ1v) is 7.47. The average molecular weight is 263 g/mol. The van der Waals surface area contributed by atoms with Gasteiger partial charge in [0, 0.05) is 32.1 Å². The van der Waals surface area contributed by atoms with Crippen LogP contribution in [0.4, 0.5) is 0 Å². The number of carbonyl (C=O) groups is 1. The van der Waals surface area contributed by atoms with Crippen molar-refractivity contribution in [2.75, 3.05) is 26.2 Å². The minimum absolute atomic E-state index is 0.0343. The minimum Gasteiger partial charge on any atom is -0.355 e. The molecule has 1 rings (SSSR count). The van der Waals surface area contributed by atoms with Gasteiger partial charge in [-0.25, -0.2) is 4.72 Å². The standard InChI is InChI=1S/C10H21N3O3S/c1-3-13(4-2)17(15,16)12-8-7-11-10(14)9-5-6-9/h9,12H,3-8H2,1-2H3,(H,11,14). The molecule has 7 heteroatoms. The fourth-order valence-corrected chi connectivity index (χ4v) is 2.73. The van der Waals surface area contributed by atoms with Gasteiger partial charge < -0.3 is 5.32 Å². The molecule has 1 amide bonds. The fourth-order valence-electron chi connectivity index (χ4n) is 1.51. The molecule has 0 heterocycles. The first-order chi connectivity index (χ1) is 8.01. The lowest BCUT2D eigenvalue weighted by atomic mass is 10.4. The van der Waals surface area contributed by atoms with Crippen molar-refractivity contribution in [3.8, 4) is 0 Å². The lowest BCUT2D eigenvalue weighted by Crippen LogP contribution is -2.43. The molecule has 1 saturated carbocycles. The van der Waals surface area contributed by atoms with Crippen LogP contribution in [0.5, 0.6) is 0 Å². The predicted molar refractivity (Wildman–Crippen MR) is 65.6 cm³/mol. The van der Waals surface area contributed by atoms with Crippen LogP contribution in [0, 0.1) is 5.92 Å². The third-order valence-corrected chi connectivity index (χ3v) is 4.47. The summed E-state index contributed by atoms with van der Waals surface area (Å²) in [7, 11) is -3.39. The Morgan fingerprint density at radius 2 is 1.82 bits per heavy atom. The Balaban J connectivity index is 2.22. The smallest absolute Gasteiger partial charge is 0.279 e. The van der Waals surface area contributed by atoms with Crippen LogP contribution in [0.15, 0.2) is 0 Å². The SMILES string of the molecule is CCN(CC)S(=O)(=O)NCCNC(=O)C1CC1. The summed E-state index contributed by atoms with van der Waals surface area (Å²) in [6.07, 6.45) is 1.91. The van der Waals surface area contributed by atoms with Crippen molar-refractivity contribution >= 4 is 16.1 Å². The van der Waals surface area contributed by atoms with Gasteiger partial charge >= 0.3 is 0 Å². The van der Waals surface area contributed by atoms with E-state index in [1.807, 2.05) is 0 Å². The van der Waals surface area contributed by atoms with Gasteiger partial charge in [0.1, 0.15) is 0 Å². The van der Waals surface area contributed by atoms with Crippen molar-refractivity contribution in [1.29, 1.82) is 0 Å². The second-order valence-corrected chi connectivity index (χ2v) is 5.80. The summed E-state index contributed by atoms with van der Waals surface area (Å²) in [5.74, 6) is 0.196. The summed E-state index contributed by atoms with van der Waals surface area (Å²) in [5, 5.41) is 2.71. The van der Waals surface area contributed by atoms with Crippen LogP contribution in [0.3, 0.4) is 0 Å². The summed E-state index contributed by atoms with van der Waals surface area (Å²) >= 11 is 0. The molecule has 0 aromatic carbocycles. The highest BCUT2D eigenvalue weighted by Gasteiger charge is 2.29. The molecule has 0 radical (unpaired) electrons. The maximum Gasteiger partial charge on any atom is 0.279 e. The van der Waals surface area contributed by atoms with E-state index < -0.39 is 10.2 Å². The first kappa shape index (κ1) is 14.4. The molecule has 0 unspecified atom stereocenters. The molecule has 2 N–H and O–H groups in total. The molecule has 100 valence electrons. The Morgan fingerprint density at radius 3 is 2.29 bits per heavy atom. The lowest BCUT2D eigenvalue weighted by molar-refractivity contribution is -0.122. The zero-order valence-electron chi connectivity index (χ0n) is 10.4. The second kappa shape index (κ2) is 6.32. The van der Waals surface area contributed by atoms with Crippen LogP contribution in [-0.4, -0.2) is 44.8 Å². The highest BCUT2D eigenvalue weighted by molar-refractivity contribution is 7.87. The monoisotopic (exact) mass is 263 g/mol. The molecule has 0 aromatic heterocycles. The van der Waals surface area contributed by atoms with E-state index in [1.165, 1.54) is 4.31 Å². The number of hydrogen-bond acceptors (Lipinski definition) is 3. The average Bonchev–Trinajstić information content (AvgIpc) is 3.09. The molecule has 1 aliphatic rings. The van der Waals surface area contributed by atoms with Crippen LogP contribution < -0.4 is 10.0 Å². The third-order valence-electron chi connectivity index (χ3n) is 2.70. The van der Waals surface area contributed by atoms with Gasteiger partial charge in [-0.3, -0.25) is 4.79 Å². The molecular formula is C10H21N3O3S. The molecule has 0 aliphatic heterocycles. The molecule has 0 bridgehead atoms. The zero-order chi connectivity index (χ0) is 12.9. The van der Waals surface area contributed by atoms with Crippen molar-refractivity contribution in [1.82, 2.24) is 14.3 Å². The predicted octanol–water partition coefficient (Wildman–Crippen LogP) is -0.311. The van der Waals surface area contributed by atoms with E-state index in [0.717, 1.165) is 12.8 Å². The Hall–Kier alpha value is -0.660. The lowest BCUT2D eigenvalue weighted by Gasteiger charge is -2.18. The van der Waals surface area contributed by atoms with E-state index in [0.29, 0.717) is 19.6 Å². The quantitative estimate of drug-likeness (QED) is 0.590. The Morgan fingerprint density at radius 1 is 1.24 bits per heavy atom. The molecule has 0 aromatic rings. The van der Waals surface area contributed by atoms with Gasteiger partial charge in [-0.1, -0.05) is 13.8 Å². The second-order valence-electron chi connectivity index (χ2n) is 4.05. The number of hydrogen-bond donors (Lipinski definition) is 2. The van der Waals surface area contributed by atoms with Crippen molar-refractivity contribution in [3.05, 3.63) is 0 Å². The van der Waals surface area contributed by atoms with E-state index in [9.17, 15) is 13.2 Å². The van der Waals surface area contributed by atoms with Gasteiger partial charge in [-0.05, 0) is 12.8 Å². The van der Waals surface area contributed by atoms with E-state index in [4.69, 9.17) is 0 Å². The van der Waals surface area contributed by atoms with E-state index >= 15 is 0 Å². The molecule has 1 fully saturated rings. The normalized spacial score (nSPS) is 16.2.